The minimum Gasteiger partial charge on any atom is -0.352 e. The third kappa shape index (κ3) is 3.32. The molecule has 2 fully saturated rings. The molecule has 1 saturated carbocycles. The number of hydrogen-bond acceptors (Lipinski definition) is 5. The first-order valence-electron chi connectivity index (χ1n) is 7.79. The molecule has 114 valence electrons. The van der Waals surface area contributed by atoms with Crippen molar-refractivity contribution in [2.75, 3.05) is 31.1 Å². The molecule has 3 rings (SSSR count). The molecule has 6 nitrogen and oxygen atoms in total. The molecule has 21 heavy (non-hydrogen) atoms. The zero-order chi connectivity index (χ0) is 14.7. The maximum absolute atomic E-state index is 12.6. The second-order valence-corrected chi connectivity index (χ2v) is 6.00. The zero-order valence-electron chi connectivity index (χ0n) is 12.3. The molecule has 2 unspecified atom stereocenters. The summed E-state index contributed by atoms with van der Waals surface area (Å²) in [6.07, 6.45) is 9.14. The van der Waals surface area contributed by atoms with Crippen LogP contribution in [-0.2, 0) is 4.79 Å². The van der Waals surface area contributed by atoms with Crippen LogP contribution in [0.5, 0.6) is 0 Å². The van der Waals surface area contributed by atoms with E-state index in [0.29, 0.717) is 5.91 Å². The van der Waals surface area contributed by atoms with Crippen molar-refractivity contribution < 1.29 is 4.79 Å². The highest BCUT2D eigenvalue weighted by atomic mass is 16.2. The first-order valence-corrected chi connectivity index (χ1v) is 7.79. The highest BCUT2D eigenvalue weighted by Crippen LogP contribution is 2.25. The monoisotopic (exact) mass is 289 g/mol. The van der Waals surface area contributed by atoms with Crippen molar-refractivity contribution >= 4 is 11.7 Å². The maximum Gasteiger partial charge on any atom is 0.225 e. The number of nitrogens with zero attached hydrogens (tertiary/aromatic N) is 4. The van der Waals surface area contributed by atoms with E-state index in [1.807, 2.05) is 4.90 Å². The Morgan fingerprint density at radius 1 is 1.19 bits per heavy atom. The fraction of sp³-hybridized carbons (Fsp3) is 0.667. The molecular weight excluding hydrogens is 266 g/mol. The molecule has 0 bridgehead atoms. The lowest BCUT2D eigenvalue weighted by atomic mass is 9.85. The van der Waals surface area contributed by atoms with Crippen molar-refractivity contribution in [3.05, 3.63) is 18.6 Å². The number of nitrogens with two attached hydrogens (primary N) is 1. The first kappa shape index (κ1) is 14.3. The van der Waals surface area contributed by atoms with Gasteiger partial charge in [-0.25, -0.2) is 4.98 Å². The zero-order valence-corrected chi connectivity index (χ0v) is 12.3. The van der Waals surface area contributed by atoms with Gasteiger partial charge in [-0.1, -0.05) is 6.42 Å². The second kappa shape index (κ2) is 6.39. The summed E-state index contributed by atoms with van der Waals surface area (Å²) >= 11 is 0. The van der Waals surface area contributed by atoms with Gasteiger partial charge >= 0.3 is 0 Å². The third-order valence-electron chi connectivity index (χ3n) is 4.53. The van der Waals surface area contributed by atoms with Crippen LogP contribution in [0.3, 0.4) is 0 Å². The summed E-state index contributed by atoms with van der Waals surface area (Å²) in [5, 5.41) is 0. The van der Waals surface area contributed by atoms with Crippen molar-refractivity contribution in [3.8, 4) is 0 Å². The predicted molar refractivity (Wildman–Crippen MR) is 80.8 cm³/mol. The molecule has 2 aliphatic rings. The minimum absolute atomic E-state index is 0.136. The van der Waals surface area contributed by atoms with E-state index >= 15 is 0 Å². The Labute approximate surface area is 125 Å². The smallest absolute Gasteiger partial charge is 0.225 e. The fourth-order valence-electron chi connectivity index (χ4n) is 3.32. The summed E-state index contributed by atoms with van der Waals surface area (Å²) in [4.78, 5) is 25.2. The lowest BCUT2D eigenvalue weighted by molar-refractivity contribution is -0.137. The van der Waals surface area contributed by atoms with E-state index in [1.165, 1.54) is 0 Å². The van der Waals surface area contributed by atoms with E-state index in [9.17, 15) is 4.79 Å². The van der Waals surface area contributed by atoms with E-state index in [2.05, 4.69) is 14.9 Å². The van der Waals surface area contributed by atoms with E-state index in [4.69, 9.17) is 5.73 Å². The summed E-state index contributed by atoms with van der Waals surface area (Å²) in [5.74, 6) is 1.32. The average Bonchev–Trinajstić information content (AvgIpc) is 2.55. The molecule has 0 aromatic carbocycles. The van der Waals surface area contributed by atoms with Gasteiger partial charge in [-0.3, -0.25) is 9.78 Å². The van der Waals surface area contributed by atoms with Gasteiger partial charge in [0, 0.05) is 50.5 Å². The Morgan fingerprint density at radius 2 is 2.00 bits per heavy atom. The molecule has 2 atom stereocenters. The minimum atomic E-state index is 0.136. The van der Waals surface area contributed by atoms with E-state index in [0.717, 1.165) is 57.7 Å². The lowest BCUT2D eigenvalue weighted by Crippen LogP contribution is -2.51. The summed E-state index contributed by atoms with van der Waals surface area (Å²) in [7, 11) is 0. The number of aromatic nitrogens is 2. The van der Waals surface area contributed by atoms with Crippen molar-refractivity contribution in [1.82, 2.24) is 14.9 Å². The molecule has 0 spiro atoms. The molecule has 1 amide bonds. The number of anilines is 1. The number of amides is 1. The van der Waals surface area contributed by atoms with Crippen LogP contribution >= 0.6 is 0 Å². The van der Waals surface area contributed by atoms with E-state index < -0.39 is 0 Å². The molecule has 1 saturated heterocycles. The normalized spacial score (nSPS) is 26.7. The van der Waals surface area contributed by atoms with Crippen molar-refractivity contribution in [3.63, 3.8) is 0 Å². The molecule has 1 aliphatic carbocycles. The molecule has 2 N–H and O–H groups in total. The van der Waals surface area contributed by atoms with Crippen LogP contribution in [0, 0.1) is 5.92 Å². The number of carbonyl (C=O) groups excluding carboxylic acids is 1. The van der Waals surface area contributed by atoms with Gasteiger partial charge in [0.15, 0.2) is 0 Å². The van der Waals surface area contributed by atoms with E-state index in [1.54, 1.807) is 18.6 Å². The highest BCUT2D eigenvalue weighted by Gasteiger charge is 2.30. The van der Waals surface area contributed by atoms with Crippen LogP contribution in [0.4, 0.5) is 5.82 Å². The molecule has 2 heterocycles. The van der Waals surface area contributed by atoms with Gasteiger partial charge in [0.25, 0.3) is 0 Å². The fourth-order valence-corrected chi connectivity index (χ4v) is 3.32. The largest absolute Gasteiger partial charge is 0.352 e. The van der Waals surface area contributed by atoms with Crippen molar-refractivity contribution in [1.29, 1.82) is 0 Å². The summed E-state index contributed by atoms with van der Waals surface area (Å²) in [5.41, 5.74) is 6.00. The van der Waals surface area contributed by atoms with Gasteiger partial charge in [-0.2, -0.15) is 0 Å². The predicted octanol–water partition coefficient (Wildman–Crippen LogP) is 0.643. The quantitative estimate of drug-likeness (QED) is 0.865. The summed E-state index contributed by atoms with van der Waals surface area (Å²) in [6.45, 7) is 3.18. The van der Waals surface area contributed by atoms with Crippen molar-refractivity contribution in [2.24, 2.45) is 11.7 Å². The first-order chi connectivity index (χ1) is 10.2. The molecular formula is C15H23N5O. The van der Waals surface area contributed by atoms with Gasteiger partial charge in [-0.05, 0) is 19.3 Å². The van der Waals surface area contributed by atoms with Gasteiger partial charge in [-0.15, -0.1) is 0 Å². The van der Waals surface area contributed by atoms with Crippen LogP contribution in [0.1, 0.15) is 25.7 Å². The number of hydrogen-bond donors (Lipinski definition) is 1. The van der Waals surface area contributed by atoms with E-state index in [-0.39, 0.29) is 12.0 Å². The Kier molecular flexibility index (Phi) is 4.34. The summed E-state index contributed by atoms with van der Waals surface area (Å²) < 4.78 is 0. The van der Waals surface area contributed by atoms with Crippen LogP contribution in [0.2, 0.25) is 0 Å². The summed E-state index contributed by atoms with van der Waals surface area (Å²) in [6, 6.07) is 0.202. The molecule has 0 radical (unpaired) electrons. The highest BCUT2D eigenvalue weighted by molar-refractivity contribution is 5.79. The lowest BCUT2D eigenvalue weighted by Gasteiger charge is -2.38. The van der Waals surface area contributed by atoms with Crippen LogP contribution in [0.15, 0.2) is 18.6 Å². The Morgan fingerprint density at radius 3 is 2.67 bits per heavy atom. The average molecular weight is 289 g/mol. The number of carbonyl (C=O) groups is 1. The van der Waals surface area contributed by atoms with Gasteiger partial charge in [0.05, 0.1) is 6.20 Å². The maximum atomic E-state index is 12.6. The van der Waals surface area contributed by atoms with Crippen LogP contribution < -0.4 is 10.6 Å². The SMILES string of the molecule is NC1CCCC(C(=O)N2CCN(c3cnccn3)CC2)C1. The van der Waals surface area contributed by atoms with Crippen molar-refractivity contribution in [2.45, 2.75) is 31.7 Å². The van der Waals surface area contributed by atoms with Gasteiger partial charge in [0.1, 0.15) is 5.82 Å². The molecule has 1 aromatic rings. The molecule has 1 aliphatic heterocycles. The third-order valence-corrected chi connectivity index (χ3v) is 4.53. The molecule has 1 aromatic heterocycles. The van der Waals surface area contributed by atoms with Crippen LogP contribution in [0.25, 0.3) is 0 Å². The standard InChI is InChI=1S/C15H23N5O/c16-13-3-1-2-12(10-13)15(21)20-8-6-19(7-9-20)14-11-17-4-5-18-14/h4-5,11-13H,1-3,6-10,16H2. The number of piperazine rings is 1. The van der Waals surface area contributed by atoms with Crippen LogP contribution in [-0.4, -0.2) is 53.0 Å². The topological polar surface area (TPSA) is 75.4 Å². The van der Waals surface area contributed by atoms with Gasteiger partial charge in [0.2, 0.25) is 5.91 Å². The Hall–Kier alpha value is -1.69. The number of rotatable bonds is 2. The Bertz CT molecular complexity index is 472. The molecule has 6 heteroatoms. The Balaban J connectivity index is 1.54. The second-order valence-electron chi connectivity index (χ2n) is 6.00. The van der Waals surface area contributed by atoms with Gasteiger partial charge < -0.3 is 15.5 Å².